The van der Waals surface area contributed by atoms with Gasteiger partial charge in [0, 0.05) is 14.0 Å². The van der Waals surface area contributed by atoms with Crippen LogP contribution in [0.3, 0.4) is 0 Å². The van der Waals surface area contributed by atoms with Crippen molar-refractivity contribution in [2.24, 2.45) is 0 Å². The summed E-state index contributed by atoms with van der Waals surface area (Å²) >= 11 is 12.8. The fourth-order valence-electron chi connectivity index (χ4n) is 1.34. The van der Waals surface area contributed by atoms with E-state index in [9.17, 15) is 0 Å². The van der Waals surface area contributed by atoms with Gasteiger partial charge in [0.15, 0.2) is 0 Å². The fourth-order valence-corrected chi connectivity index (χ4v) is 2.08. The van der Waals surface area contributed by atoms with E-state index in [-0.39, 0.29) is 0 Å². The molecule has 1 aromatic carbocycles. The Labute approximate surface area is 122 Å². The lowest BCUT2D eigenvalue weighted by atomic mass is 10.3. The fraction of sp³-hybridized carbons (Fsp3) is 0.0833. The third-order valence-corrected chi connectivity index (χ3v) is 3.98. The average molecular weight is 376 g/mol. The van der Waals surface area contributed by atoms with Crippen molar-refractivity contribution in [2.45, 2.75) is 6.92 Å². The summed E-state index contributed by atoms with van der Waals surface area (Å²) in [5.74, 6) is 0.786. The second kappa shape index (κ2) is 5.38. The molecule has 0 saturated carbocycles. The number of benzene rings is 1. The molecule has 0 atom stereocenters. The number of aryl methyl sites for hydroxylation is 1. The van der Waals surface area contributed by atoms with Crippen LogP contribution in [0, 0.1) is 6.92 Å². The number of aromatic nitrogens is 1. The van der Waals surface area contributed by atoms with Gasteiger partial charge in [-0.3, -0.25) is 0 Å². The summed E-state index contributed by atoms with van der Waals surface area (Å²) in [4.78, 5) is 4.42. The third-order valence-electron chi connectivity index (χ3n) is 2.21. The second-order valence-electron chi connectivity index (χ2n) is 3.51. The number of nitrogens with zero attached hydrogens (tertiary/aromatic N) is 1. The van der Waals surface area contributed by atoms with Crippen LogP contribution in [0.4, 0.5) is 11.5 Å². The molecule has 2 nitrogen and oxygen atoms in total. The topological polar surface area (TPSA) is 24.9 Å². The normalized spacial score (nSPS) is 10.4. The highest BCUT2D eigenvalue weighted by atomic mass is 79.9. The van der Waals surface area contributed by atoms with Gasteiger partial charge in [-0.15, -0.1) is 0 Å². The first kappa shape index (κ1) is 12.9. The summed E-state index contributed by atoms with van der Waals surface area (Å²) in [6.07, 6.45) is 0. The minimum absolute atomic E-state index is 0.685. The highest BCUT2D eigenvalue weighted by molar-refractivity contribution is 9.10. The Balaban J connectivity index is 2.31. The van der Waals surface area contributed by atoms with Gasteiger partial charge in [-0.25, -0.2) is 4.98 Å². The molecule has 0 saturated heterocycles. The van der Waals surface area contributed by atoms with E-state index in [1.54, 1.807) is 0 Å². The zero-order valence-electron chi connectivity index (χ0n) is 8.97. The average Bonchev–Trinajstić information content (AvgIpc) is 2.29. The van der Waals surface area contributed by atoms with Crippen molar-refractivity contribution in [3.8, 4) is 0 Å². The Morgan fingerprint density at radius 1 is 1.12 bits per heavy atom. The molecule has 1 aromatic heterocycles. The van der Waals surface area contributed by atoms with Crippen LogP contribution in [0.5, 0.6) is 0 Å². The molecule has 0 aliphatic rings. The lowest BCUT2D eigenvalue weighted by Gasteiger charge is -2.09. The number of anilines is 2. The number of hydrogen-bond acceptors (Lipinski definition) is 2. The molecule has 1 N–H and O–H groups in total. The SMILES string of the molecule is Cc1nc(Nc2cc(Cl)ccc2Br)ccc1Br. The lowest BCUT2D eigenvalue weighted by Crippen LogP contribution is -1.96. The van der Waals surface area contributed by atoms with E-state index in [0.717, 1.165) is 26.1 Å². The Morgan fingerprint density at radius 3 is 2.53 bits per heavy atom. The van der Waals surface area contributed by atoms with Gasteiger partial charge in [0.05, 0.1) is 11.4 Å². The molecule has 0 spiro atoms. The van der Waals surface area contributed by atoms with Gasteiger partial charge >= 0.3 is 0 Å². The Morgan fingerprint density at radius 2 is 1.82 bits per heavy atom. The predicted octanol–water partition coefficient (Wildman–Crippen LogP) is 5.31. The van der Waals surface area contributed by atoms with E-state index < -0.39 is 0 Å². The third kappa shape index (κ3) is 3.21. The number of halogens is 3. The molecule has 2 aromatic rings. The molecule has 17 heavy (non-hydrogen) atoms. The first-order valence-electron chi connectivity index (χ1n) is 4.91. The molecule has 0 unspecified atom stereocenters. The van der Waals surface area contributed by atoms with Crippen LogP contribution in [0.15, 0.2) is 39.3 Å². The minimum Gasteiger partial charge on any atom is -0.339 e. The van der Waals surface area contributed by atoms with E-state index in [1.165, 1.54) is 0 Å². The van der Waals surface area contributed by atoms with Crippen molar-refractivity contribution < 1.29 is 0 Å². The zero-order chi connectivity index (χ0) is 12.4. The quantitative estimate of drug-likeness (QED) is 0.768. The largest absolute Gasteiger partial charge is 0.339 e. The molecule has 2 rings (SSSR count). The van der Waals surface area contributed by atoms with Gasteiger partial charge < -0.3 is 5.32 Å². The van der Waals surface area contributed by atoms with Gasteiger partial charge in [0.25, 0.3) is 0 Å². The first-order valence-corrected chi connectivity index (χ1v) is 6.88. The summed E-state index contributed by atoms with van der Waals surface area (Å²) in [6.45, 7) is 1.95. The van der Waals surface area contributed by atoms with Crippen LogP contribution in [0.1, 0.15) is 5.69 Å². The van der Waals surface area contributed by atoms with Crippen LogP contribution >= 0.6 is 43.5 Å². The molecular weight excluding hydrogens is 367 g/mol. The van der Waals surface area contributed by atoms with Crippen molar-refractivity contribution in [3.05, 3.63) is 50.0 Å². The molecule has 0 radical (unpaired) electrons. The van der Waals surface area contributed by atoms with Gasteiger partial charge in [0.1, 0.15) is 5.82 Å². The maximum absolute atomic E-state index is 5.95. The highest BCUT2D eigenvalue weighted by Gasteiger charge is 2.03. The predicted molar refractivity (Wildman–Crippen MR) is 79.1 cm³/mol. The molecule has 0 amide bonds. The van der Waals surface area contributed by atoms with Crippen molar-refractivity contribution in [2.75, 3.05) is 5.32 Å². The molecule has 5 heteroatoms. The highest BCUT2D eigenvalue weighted by Crippen LogP contribution is 2.28. The van der Waals surface area contributed by atoms with Crippen LogP contribution < -0.4 is 5.32 Å². The van der Waals surface area contributed by atoms with Crippen LogP contribution in [-0.2, 0) is 0 Å². The zero-order valence-corrected chi connectivity index (χ0v) is 12.9. The van der Waals surface area contributed by atoms with E-state index in [1.807, 2.05) is 37.3 Å². The van der Waals surface area contributed by atoms with E-state index in [4.69, 9.17) is 11.6 Å². The summed E-state index contributed by atoms with van der Waals surface area (Å²) < 4.78 is 1.94. The minimum atomic E-state index is 0.685. The van der Waals surface area contributed by atoms with Crippen LogP contribution in [0.25, 0.3) is 0 Å². The van der Waals surface area contributed by atoms with Gasteiger partial charge in [-0.2, -0.15) is 0 Å². The van der Waals surface area contributed by atoms with Crippen molar-refractivity contribution in [1.29, 1.82) is 0 Å². The monoisotopic (exact) mass is 374 g/mol. The number of nitrogens with one attached hydrogen (secondary N) is 1. The van der Waals surface area contributed by atoms with Crippen molar-refractivity contribution >= 4 is 55.0 Å². The molecular formula is C12H9Br2ClN2. The van der Waals surface area contributed by atoms with Crippen molar-refractivity contribution in [3.63, 3.8) is 0 Å². The van der Waals surface area contributed by atoms with Crippen molar-refractivity contribution in [1.82, 2.24) is 4.98 Å². The summed E-state index contributed by atoms with van der Waals surface area (Å²) in [7, 11) is 0. The molecule has 0 fully saturated rings. The lowest BCUT2D eigenvalue weighted by molar-refractivity contribution is 1.18. The Hall–Kier alpha value is -0.580. The maximum atomic E-state index is 5.95. The summed E-state index contributed by atoms with van der Waals surface area (Å²) in [5.41, 5.74) is 1.83. The van der Waals surface area contributed by atoms with Crippen LogP contribution in [-0.4, -0.2) is 4.98 Å². The van der Waals surface area contributed by atoms with Gasteiger partial charge in [-0.1, -0.05) is 11.6 Å². The molecule has 1 heterocycles. The molecule has 0 aliphatic carbocycles. The number of pyridine rings is 1. The van der Waals surface area contributed by atoms with E-state index >= 15 is 0 Å². The Kier molecular flexibility index (Phi) is 4.07. The van der Waals surface area contributed by atoms with Gasteiger partial charge in [-0.05, 0) is 69.1 Å². The molecule has 88 valence electrons. The van der Waals surface area contributed by atoms with Crippen LogP contribution in [0.2, 0.25) is 5.02 Å². The number of rotatable bonds is 2. The molecule has 0 aliphatic heterocycles. The smallest absolute Gasteiger partial charge is 0.130 e. The van der Waals surface area contributed by atoms with E-state index in [2.05, 4.69) is 42.2 Å². The maximum Gasteiger partial charge on any atom is 0.130 e. The second-order valence-corrected chi connectivity index (χ2v) is 5.66. The number of hydrogen-bond donors (Lipinski definition) is 1. The molecule has 0 bridgehead atoms. The summed E-state index contributed by atoms with van der Waals surface area (Å²) in [6, 6.07) is 9.45. The first-order chi connectivity index (χ1) is 8.06. The van der Waals surface area contributed by atoms with E-state index in [0.29, 0.717) is 5.02 Å². The van der Waals surface area contributed by atoms with Gasteiger partial charge in [0.2, 0.25) is 0 Å². The summed E-state index contributed by atoms with van der Waals surface area (Å²) in [5, 5.41) is 3.90. The Bertz CT molecular complexity index is 558. The standard InChI is InChI=1S/C12H9Br2ClN2/c1-7-9(13)4-5-12(16-7)17-11-6-8(15)2-3-10(11)14/h2-6H,1H3,(H,16,17).